The number of ether oxygens (including phenoxy) is 1. The zero-order valence-electron chi connectivity index (χ0n) is 14.7. The molecule has 6 heteroatoms. The molecular weight excluding hydrogens is 308 g/mol. The molecule has 0 aromatic heterocycles. The molecule has 1 fully saturated rings. The van der Waals surface area contributed by atoms with Crippen LogP contribution in [0.2, 0.25) is 0 Å². The van der Waals surface area contributed by atoms with Gasteiger partial charge in [0.2, 0.25) is 0 Å². The maximum absolute atomic E-state index is 11.9. The summed E-state index contributed by atoms with van der Waals surface area (Å²) in [4.78, 5) is 16.4. The fraction of sp³-hybridized carbons (Fsp3) is 0.611. The summed E-state index contributed by atoms with van der Waals surface area (Å²) in [6.45, 7) is 7.70. The van der Waals surface area contributed by atoms with Gasteiger partial charge in [-0.1, -0.05) is 19.9 Å². The lowest BCUT2D eigenvalue weighted by Crippen LogP contribution is -2.54. The van der Waals surface area contributed by atoms with Gasteiger partial charge in [0.05, 0.1) is 7.11 Å². The molecule has 0 saturated carbocycles. The van der Waals surface area contributed by atoms with E-state index in [2.05, 4.69) is 18.7 Å². The number of carboxylic acids is 1. The van der Waals surface area contributed by atoms with E-state index in [1.807, 2.05) is 4.90 Å². The van der Waals surface area contributed by atoms with Crippen LogP contribution in [0, 0.1) is 0 Å². The van der Waals surface area contributed by atoms with Crippen molar-refractivity contribution in [2.24, 2.45) is 0 Å². The lowest BCUT2D eigenvalue weighted by atomic mass is 10.0. The van der Waals surface area contributed by atoms with E-state index in [1.54, 1.807) is 12.1 Å². The molecular formula is C18H28N2O4. The number of phenols is 1. The summed E-state index contributed by atoms with van der Waals surface area (Å²) in [5, 5.41) is 19.5. The van der Waals surface area contributed by atoms with Gasteiger partial charge in [0.1, 0.15) is 6.04 Å². The minimum atomic E-state index is -0.874. The topological polar surface area (TPSA) is 73.2 Å². The molecule has 24 heavy (non-hydrogen) atoms. The van der Waals surface area contributed by atoms with Gasteiger partial charge in [0.15, 0.2) is 11.5 Å². The molecule has 6 nitrogen and oxygen atoms in total. The van der Waals surface area contributed by atoms with Crippen LogP contribution < -0.4 is 4.74 Å². The smallest absolute Gasteiger partial charge is 0.325 e. The second kappa shape index (κ2) is 8.35. The number of hydrogen-bond donors (Lipinski definition) is 2. The molecule has 1 aliphatic rings. The Bertz CT molecular complexity index is 564. The minimum Gasteiger partial charge on any atom is -0.504 e. The Balaban J connectivity index is 2.24. The van der Waals surface area contributed by atoms with Crippen LogP contribution in [0.4, 0.5) is 0 Å². The van der Waals surface area contributed by atoms with Crippen LogP contribution in [-0.2, 0) is 4.79 Å². The Kier molecular flexibility index (Phi) is 6.45. The summed E-state index contributed by atoms with van der Waals surface area (Å²) in [7, 11) is 1.46. The number of carbonyl (C=O) groups is 1. The van der Waals surface area contributed by atoms with Crippen LogP contribution in [0.15, 0.2) is 18.2 Å². The van der Waals surface area contributed by atoms with Crippen LogP contribution in [0.3, 0.4) is 0 Å². The molecule has 0 bridgehead atoms. The van der Waals surface area contributed by atoms with Crippen molar-refractivity contribution in [3.8, 4) is 11.5 Å². The summed E-state index contributed by atoms with van der Waals surface area (Å²) >= 11 is 0. The van der Waals surface area contributed by atoms with Crippen molar-refractivity contribution in [3.05, 3.63) is 23.8 Å². The highest BCUT2D eigenvalue weighted by molar-refractivity contribution is 5.76. The number of rotatable bonds is 7. The first-order valence-electron chi connectivity index (χ1n) is 8.59. The molecule has 0 spiro atoms. The first-order valence-corrected chi connectivity index (χ1v) is 8.59. The lowest BCUT2D eigenvalue weighted by molar-refractivity contribution is -0.145. The quantitative estimate of drug-likeness (QED) is 0.796. The van der Waals surface area contributed by atoms with Crippen LogP contribution >= 0.6 is 0 Å². The SMILES string of the molecule is CCCN1CCN(C(C(=O)O)c2ccc(O)c(OC)c2)CC1CC. The number of hydrogen-bond acceptors (Lipinski definition) is 5. The Labute approximate surface area is 143 Å². The van der Waals surface area contributed by atoms with Crippen molar-refractivity contribution >= 4 is 5.97 Å². The second-order valence-corrected chi connectivity index (χ2v) is 6.27. The van der Waals surface area contributed by atoms with Crippen LogP contribution in [0.25, 0.3) is 0 Å². The average Bonchev–Trinajstić information content (AvgIpc) is 2.57. The molecule has 1 saturated heterocycles. The number of methoxy groups -OCH3 is 1. The van der Waals surface area contributed by atoms with E-state index >= 15 is 0 Å². The molecule has 0 radical (unpaired) electrons. The Morgan fingerprint density at radius 1 is 1.38 bits per heavy atom. The first-order chi connectivity index (χ1) is 11.5. The predicted molar refractivity (Wildman–Crippen MR) is 92.6 cm³/mol. The summed E-state index contributed by atoms with van der Waals surface area (Å²) < 4.78 is 5.12. The molecule has 2 N–H and O–H groups in total. The van der Waals surface area contributed by atoms with Crippen molar-refractivity contribution in [2.45, 2.75) is 38.8 Å². The number of nitrogens with zero attached hydrogens (tertiary/aromatic N) is 2. The fourth-order valence-corrected chi connectivity index (χ4v) is 3.49. The van der Waals surface area contributed by atoms with E-state index in [1.165, 1.54) is 13.2 Å². The van der Waals surface area contributed by atoms with Crippen LogP contribution in [0.1, 0.15) is 38.3 Å². The zero-order valence-corrected chi connectivity index (χ0v) is 14.7. The fourth-order valence-electron chi connectivity index (χ4n) is 3.49. The number of aliphatic carboxylic acids is 1. The zero-order chi connectivity index (χ0) is 17.7. The minimum absolute atomic E-state index is 0.0181. The monoisotopic (exact) mass is 336 g/mol. The van der Waals surface area contributed by atoms with Gasteiger partial charge < -0.3 is 14.9 Å². The number of piperazine rings is 1. The molecule has 134 valence electrons. The summed E-state index contributed by atoms with van der Waals surface area (Å²) in [5.41, 5.74) is 0.635. The Morgan fingerprint density at radius 3 is 2.71 bits per heavy atom. The van der Waals surface area contributed by atoms with E-state index in [-0.39, 0.29) is 5.75 Å². The van der Waals surface area contributed by atoms with Gasteiger partial charge in [-0.2, -0.15) is 0 Å². The van der Waals surface area contributed by atoms with E-state index in [0.717, 1.165) is 39.0 Å². The van der Waals surface area contributed by atoms with E-state index in [4.69, 9.17) is 4.74 Å². The Hall–Kier alpha value is -1.79. The summed E-state index contributed by atoms with van der Waals surface area (Å²) in [6, 6.07) is 4.43. The molecule has 1 aromatic carbocycles. The normalized spacial score (nSPS) is 20.7. The first kappa shape index (κ1) is 18.5. The third-order valence-corrected chi connectivity index (χ3v) is 4.74. The van der Waals surface area contributed by atoms with Gasteiger partial charge in [-0.25, -0.2) is 0 Å². The molecule has 2 rings (SSSR count). The summed E-state index contributed by atoms with van der Waals surface area (Å²) in [6.07, 6.45) is 2.11. The number of aromatic hydroxyl groups is 1. The van der Waals surface area contributed by atoms with E-state index in [9.17, 15) is 15.0 Å². The van der Waals surface area contributed by atoms with Crippen molar-refractivity contribution in [1.29, 1.82) is 0 Å². The molecule has 1 aliphatic heterocycles. The van der Waals surface area contributed by atoms with Crippen molar-refractivity contribution in [1.82, 2.24) is 9.80 Å². The van der Waals surface area contributed by atoms with Gasteiger partial charge in [-0.3, -0.25) is 14.6 Å². The van der Waals surface area contributed by atoms with Gasteiger partial charge in [-0.05, 0) is 37.1 Å². The highest BCUT2D eigenvalue weighted by Crippen LogP contribution is 2.32. The van der Waals surface area contributed by atoms with Crippen molar-refractivity contribution in [2.75, 3.05) is 33.3 Å². The average molecular weight is 336 g/mol. The highest BCUT2D eigenvalue weighted by atomic mass is 16.5. The maximum Gasteiger partial charge on any atom is 0.325 e. The molecule has 2 atom stereocenters. The largest absolute Gasteiger partial charge is 0.504 e. The number of carboxylic acid groups (broad SMARTS) is 1. The van der Waals surface area contributed by atoms with Crippen molar-refractivity contribution < 1.29 is 19.7 Å². The third-order valence-electron chi connectivity index (χ3n) is 4.74. The van der Waals surface area contributed by atoms with Gasteiger partial charge >= 0.3 is 5.97 Å². The van der Waals surface area contributed by atoms with Gasteiger partial charge in [-0.15, -0.1) is 0 Å². The second-order valence-electron chi connectivity index (χ2n) is 6.27. The number of phenolic OH excluding ortho intramolecular Hbond substituents is 1. The van der Waals surface area contributed by atoms with Crippen molar-refractivity contribution in [3.63, 3.8) is 0 Å². The van der Waals surface area contributed by atoms with E-state index in [0.29, 0.717) is 17.4 Å². The molecule has 1 aromatic rings. The lowest BCUT2D eigenvalue weighted by Gasteiger charge is -2.43. The molecule has 2 unspecified atom stereocenters. The maximum atomic E-state index is 11.9. The standard InChI is InChI=1S/C18H28N2O4/c1-4-8-19-9-10-20(12-14(19)5-2)17(18(22)23)13-6-7-15(21)16(11-13)24-3/h6-7,11,14,17,21H,4-5,8-10,12H2,1-3H3,(H,22,23). The highest BCUT2D eigenvalue weighted by Gasteiger charge is 2.34. The molecule has 0 amide bonds. The van der Waals surface area contributed by atoms with Crippen LogP contribution in [-0.4, -0.2) is 65.3 Å². The Morgan fingerprint density at radius 2 is 2.12 bits per heavy atom. The molecule has 0 aliphatic carbocycles. The predicted octanol–water partition coefficient (Wildman–Crippen LogP) is 2.33. The molecule has 1 heterocycles. The third kappa shape index (κ3) is 3.99. The summed E-state index contributed by atoms with van der Waals surface area (Å²) in [5.74, 6) is -0.554. The van der Waals surface area contributed by atoms with E-state index < -0.39 is 12.0 Å². The van der Waals surface area contributed by atoms with Gasteiger partial charge in [0, 0.05) is 25.7 Å². The van der Waals surface area contributed by atoms with Crippen LogP contribution in [0.5, 0.6) is 11.5 Å². The number of benzene rings is 1. The van der Waals surface area contributed by atoms with Gasteiger partial charge in [0.25, 0.3) is 0 Å².